The van der Waals surface area contributed by atoms with Crippen LogP contribution in [-0.2, 0) is 4.79 Å². The molecule has 2 aromatic rings. The van der Waals surface area contributed by atoms with Gasteiger partial charge in [-0.05, 0) is 61.9 Å². The summed E-state index contributed by atoms with van der Waals surface area (Å²) < 4.78 is 11.1. The fraction of sp³-hybridized carbons (Fsp3) is 0.200. The Bertz CT molecular complexity index is 836. The van der Waals surface area contributed by atoms with Gasteiger partial charge < -0.3 is 19.9 Å². The van der Waals surface area contributed by atoms with Gasteiger partial charge in [0.25, 0.3) is 5.91 Å². The molecule has 0 aliphatic heterocycles. The van der Waals surface area contributed by atoms with Crippen molar-refractivity contribution in [1.82, 2.24) is 0 Å². The molecule has 0 unspecified atom stereocenters. The van der Waals surface area contributed by atoms with Crippen molar-refractivity contribution in [2.45, 2.75) is 13.8 Å². The van der Waals surface area contributed by atoms with Crippen LogP contribution >= 0.6 is 0 Å². The Labute approximate surface area is 152 Å². The van der Waals surface area contributed by atoms with Crippen LogP contribution in [0, 0.1) is 11.3 Å². The van der Waals surface area contributed by atoms with E-state index in [2.05, 4.69) is 5.32 Å². The minimum Gasteiger partial charge on any atom is -0.508 e. The first kappa shape index (κ1) is 18.9. The predicted octanol–water partition coefficient (Wildman–Crippen LogP) is 3.74. The second-order valence-electron chi connectivity index (χ2n) is 5.24. The maximum Gasteiger partial charge on any atom is 0.266 e. The summed E-state index contributed by atoms with van der Waals surface area (Å²) in [7, 11) is 0. The third kappa shape index (κ3) is 5.02. The van der Waals surface area contributed by atoms with E-state index in [0.717, 1.165) is 0 Å². The lowest BCUT2D eigenvalue weighted by Crippen LogP contribution is -2.13. The molecule has 0 aliphatic carbocycles. The Morgan fingerprint density at radius 1 is 1.12 bits per heavy atom. The third-order valence-corrected chi connectivity index (χ3v) is 3.37. The number of rotatable bonds is 7. The van der Waals surface area contributed by atoms with Crippen LogP contribution in [0.2, 0.25) is 0 Å². The van der Waals surface area contributed by atoms with E-state index in [4.69, 9.17) is 9.47 Å². The topological polar surface area (TPSA) is 91.6 Å². The summed E-state index contributed by atoms with van der Waals surface area (Å²) in [5.74, 6) is 0.722. The zero-order valence-electron chi connectivity index (χ0n) is 14.7. The third-order valence-electron chi connectivity index (χ3n) is 3.37. The van der Waals surface area contributed by atoms with E-state index in [1.54, 1.807) is 30.3 Å². The summed E-state index contributed by atoms with van der Waals surface area (Å²) in [4.78, 5) is 12.3. The summed E-state index contributed by atoms with van der Waals surface area (Å²) in [6.07, 6.45) is 1.48. The number of aromatic hydroxyl groups is 1. The molecular weight excluding hydrogens is 332 g/mol. The number of ether oxygens (including phenoxy) is 2. The number of carbonyl (C=O) groups is 1. The number of hydrogen-bond acceptors (Lipinski definition) is 5. The second-order valence-corrected chi connectivity index (χ2v) is 5.24. The molecule has 26 heavy (non-hydrogen) atoms. The zero-order chi connectivity index (χ0) is 18.9. The van der Waals surface area contributed by atoms with E-state index >= 15 is 0 Å². The van der Waals surface area contributed by atoms with E-state index in [1.165, 1.54) is 18.2 Å². The molecule has 0 spiro atoms. The molecule has 0 bridgehead atoms. The number of anilines is 1. The number of nitrogens with zero attached hydrogens (tertiary/aromatic N) is 1. The molecule has 0 aromatic heterocycles. The summed E-state index contributed by atoms with van der Waals surface area (Å²) in [5, 5.41) is 21.2. The van der Waals surface area contributed by atoms with Crippen LogP contribution in [0.3, 0.4) is 0 Å². The highest BCUT2D eigenvalue weighted by Crippen LogP contribution is 2.29. The summed E-state index contributed by atoms with van der Waals surface area (Å²) in [6, 6.07) is 13.1. The molecule has 6 nitrogen and oxygen atoms in total. The molecular formula is C20H20N2O4. The van der Waals surface area contributed by atoms with Gasteiger partial charge in [0.1, 0.15) is 17.4 Å². The quantitative estimate of drug-likeness (QED) is 0.450. The number of nitriles is 1. The Morgan fingerprint density at radius 3 is 2.38 bits per heavy atom. The molecule has 0 aliphatic rings. The van der Waals surface area contributed by atoms with Crippen LogP contribution in [0.1, 0.15) is 19.4 Å². The minimum absolute atomic E-state index is 0.0512. The first-order valence-corrected chi connectivity index (χ1v) is 8.19. The number of phenols is 1. The lowest BCUT2D eigenvalue weighted by molar-refractivity contribution is -0.112. The maximum absolute atomic E-state index is 12.3. The summed E-state index contributed by atoms with van der Waals surface area (Å²) in [6.45, 7) is 4.72. The maximum atomic E-state index is 12.3. The van der Waals surface area contributed by atoms with Gasteiger partial charge in [-0.2, -0.15) is 5.26 Å². The van der Waals surface area contributed by atoms with Crippen LogP contribution in [0.5, 0.6) is 17.2 Å². The molecule has 0 saturated carbocycles. The molecule has 2 rings (SSSR count). The molecule has 0 fully saturated rings. The van der Waals surface area contributed by atoms with Gasteiger partial charge in [-0.25, -0.2) is 0 Å². The number of carbonyl (C=O) groups excluding carboxylic acids is 1. The Kier molecular flexibility index (Phi) is 6.63. The number of nitrogens with one attached hydrogen (secondary N) is 1. The van der Waals surface area contributed by atoms with Gasteiger partial charge in [0.2, 0.25) is 0 Å². The standard InChI is InChI=1S/C20H20N2O4/c1-3-25-18-10-5-14(12-19(18)26-4-2)11-15(13-21)20(24)22-16-6-8-17(23)9-7-16/h5-12,23H,3-4H2,1-2H3,(H,22,24). The van der Waals surface area contributed by atoms with Crippen molar-refractivity contribution in [2.75, 3.05) is 18.5 Å². The van der Waals surface area contributed by atoms with Crippen molar-refractivity contribution in [2.24, 2.45) is 0 Å². The second kappa shape index (κ2) is 9.14. The molecule has 0 atom stereocenters. The van der Waals surface area contributed by atoms with Gasteiger partial charge >= 0.3 is 0 Å². The number of benzene rings is 2. The van der Waals surface area contributed by atoms with E-state index < -0.39 is 5.91 Å². The van der Waals surface area contributed by atoms with Crippen LogP contribution in [-0.4, -0.2) is 24.2 Å². The Hall–Kier alpha value is -3.46. The monoisotopic (exact) mass is 352 g/mol. The predicted molar refractivity (Wildman–Crippen MR) is 99.1 cm³/mol. The van der Waals surface area contributed by atoms with Crippen molar-refractivity contribution in [1.29, 1.82) is 5.26 Å². The lowest BCUT2D eigenvalue weighted by atomic mass is 10.1. The highest BCUT2D eigenvalue weighted by molar-refractivity contribution is 6.09. The number of phenolic OH excluding ortho intramolecular Hbond substituents is 1. The number of amides is 1. The van der Waals surface area contributed by atoms with Crippen molar-refractivity contribution >= 4 is 17.7 Å². The Morgan fingerprint density at radius 2 is 1.77 bits per heavy atom. The molecule has 2 aromatic carbocycles. The summed E-state index contributed by atoms with van der Waals surface area (Å²) in [5.41, 5.74) is 1.08. The van der Waals surface area contributed by atoms with E-state index in [-0.39, 0.29) is 11.3 Å². The van der Waals surface area contributed by atoms with E-state index in [1.807, 2.05) is 19.9 Å². The normalized spacial score (nSPS) is 10.7. The molecule has 0 heterocycles. The summed E-state index contributed by atoms with van der Waals surface area (Å²) >= 11 is 0. The zero-order valence-corrected chi connectivity index (χ0v) is 14.7. The minimum atomic E-state index is -0.537. The van der Waals surface area contributed by atoms with Crippen molar-refractivity contribution < 1.29 is 19.4 Å². The van der Waals surface area contributed by atoms with E-state index in [9.17, 15) is 15.2 Å². The van der Waals surface area contributed by atoms with Gasteiger partial charge in [0.15, 0.2) is 11.5 Å². The highest BCUT2D eigenvalue weighted by Gasteiger charge is 2.11. The first-order chi connectivity index (χ1) is 12.6. The van der Waals surface area contributed by atoms with Gasteiger partial charge in [0.05, 0.1) is 13.2 Å². The molecule has 2 N–H and O–H groups in total. The van der Waals surface area contributed by atoms with Crippen LogP contribution in [0.15, 0.2) is 48.0 Å². The van der Waals surface area contributed by atoms with Crippen LogP contribution < -0.4 is 14.8 Å². The van der Waals surface area contributed by atoms with Crippen molar-refractivity contribution in [3.63, 3.8) is 0 Å². The molecule has 0 saturated heterocycles. The fourth-order valence-electron chi connectivity index (χ4n) is 2.22. The lowest BCUT2D eigenvalue weighted by Gasteiger charge is -2.11. The van der Waals surface area contributed by atoms with Gasteiger partial charge in [-0.3, -0.25) is 4.79 Å². The van der Waals surface area contributed by atoms with Crippen LogP contribution in [0.25, 0.3) is 6.08 Å². The average Bonchev–Trinajstić information content (AvgIpc) is 2.64. The molecule has 0 radical (unpaired) electrons. The largest absolute Gasteiger partial charge is 0.508 e. The van der Waals surface area contributed by atoms with Gasteiger partial charge in [-0.15, -0.1) is 0 Å². The fourth-order valence-corrected chi connectivity index (χ4v) is 2.22. The molecule has 6 heteroatoms. The molecule has 1 amide bonds. The first-order valence-electron chi connectivity index (χ1n) is 8.19. The Balaban J connectivity index is 2.24. The number of hydrogen-bond donors (Lipinski definition) is 2. The average molecular weight is 352 g/mol. The van der Waals surface area contributed by atoms with Crippen molar-refractivity contribution in [3.05, 3.63) is 53.6 Å². The molecule has 134 valence electrons. The van der Waals surface area contributed by atoms with E-state index in [0.29, 0.717) is 36.0 Å². The van der Waals surface area contributed by atoms with Crippen molar-refractivity contribution in [3.8, 4) is 23.3 Å². The smallest absolute Gasteiger partial charge is 0.266 e. The van der Waals surface area contributed by atoms with Crippen LogP contribution in [0.4, 0.5) is 5.69 Å². The van der Waals surface area contributed by atoms with Gasteiger partial charge in [0, 0.05) is 5.69 Å². The van der Waals surface area contributed by atoms with Gasteiger partial charge in [-0.1, -0.05) is 6.07 Å². The highest BCUT2D eigenvalue weighted by atomic mass is 16.5. The SMILES string of the molecule is CCOc1ccc(C=C(C#N)C(=O)Nc2ccc(O)cc2)cc1OCC.